The van der Waals surface area contributed by atoms with E-state index < -0.39 is 0 Å². The van der Waals surface area contributed by atoms with Crippen LogP contribution >= 0.6 is 0 Å². The van der Waals surface area contributed by atoms with Crippen molar-refractivity contribution in [2.75, 3.05) is 0 Å². The Labute approximate surface area is 150 Å². The van der Waals surface area contributed by atoms with E-state index in [1.54, 1.807) is 0 Å². The fourth-order valence-corrected chi connectivity index (χ4v) is 2.71. The SMILES string of the molecule is C=C(C)CCc1c(O)c(CCC(=C)C)c(O)c(C(=O)CC(C)C)c1O. The van der Waals surface area contributed by atoms with Gasteiger partial charge in [-0.05, 0) is 45.4 Å². The van der Waals surface area contributed by atoms with Crippen molar-refractivity contribution in [3.8, 4) is 17.2 Å². The van der Waals surface area contributed by atoms with Gasteiger partial charge >= 0.3 is 0 Å². The van der Waals surface area contributed by atoms with E-state index in [1.807, 2.05) is 27.7 Å². The number of rotatable bonds is 9. The van der Waals surface area contributed by atoms with Crippen molar-refractivity contribution in [3.05, 3.63) is 41.0 Å². The van der Waals surface area contributed by atoms with Gasteiger partial charge in [-0.25, -0.2) is 0 Å². The summed E-state index contributed by atoms with van der Waals surface area (Å²) in [7, 11) is 0. The van der Waals surface area contributed by atoms with Crippen LogP contribution in [0.3, 0.4) is 0 Å². The fourth-order valence-electron chi connectivity index (χ4n) is 2.71. The molecule has 1 rings (SSSR count). The van der Waals surface area contributed by atoms with E-state index in [-0.39, 0.29) is 40.9 Å². The highest BCUT2D eigenvalue weighted by atomic mass is 16.3. The molecule has 1 aromatic carbocycles. The predicted octanol–water partition coefficient (Wildman–Crippen LogP) is 5.05. The maximum atomic E-state index is 12.6. The molecule has 0 saturated carbocycles. The molecule has 4 heteroatoms. The third-order valence-corrected chi connectivity index (χ3v) is 4.09. The van der Waals surface area contributed by atoms with Crippen molar-refractivity contribution >= 4 is 5.78 Å². The second-order valence-electron chi connectivity index (χ2n) is 7.31. The summed E-state index contributed by atoms with van der Waals surface area (Å²) >= 11 is 0. The number of hydrogen-bond acceptors (Lipinski definition) is 4. The summed E-state index contributed by atoms with van der Waals surface area (Å²) in [6, 6.07) is 0. The molecule has 0 atom stereocenters. The maximum Gasteiger partial charge on any atom is 0.170 e. The number of aromatic hydroxyl groups is 3. The minimum Gasteiger partial charge on any atom is -0.507 e. The van der Waals surface area contributed by atoms with E-state index in [9.17, 15) is 20.1 Å². The molecule has 0 aromatic heterocycles. The monoisotopic (exact) mass is 346 g/mol. The number of ketones is 1. The molecule has 0 aliphatic rings. The molecule has 1 aromatic rings. The highest BCUT2D eigenvalue weighted by Crippen LogP contribution is 2.44. The lowest BCUT2D eigenvalue weighted by Gasteiger charge is -2.18. The zero-order valence-corrected chi connectivity index (χ0v) is 15.8. The highest BCUT2D eigenvalue weighted by Gasteiger charge is 2.27. The second-order valence-corrected chi connectivity index (χ2v) is 7.31. The van der Waals surface area contributed by atoms with E-state index in [4.69, 9.17) is 0 Å². The molecule has 0 radical (unpaired) electrons. The van der Waals surface area contributed by atoms with Gasteiger partial charge in [0.2, 0.25) is 0 Å². The van der Waals surface area contributed by atoms with Gasteiger partial charge in [-0.15, -0.1) is 13.2 Å². The maximum absolute atomic E-state index is 12.6. The van der Waals surface area contributed by atoms with Gasteiger partial charge < -0.3 is 15.3 Å². The summed E-state index contributed by atoms with van der Waals surface area (Å²) in [6.07, 6.45) is 2.07. The lowest BCUT2D eigenvalue weighted by molar-refractivity contribution is 0.0962. The number of benzene rings is 1. The molecule has 0 unspecified atom stereocenters. The molecular formula is C21H30O4. The van der Waals surface area contributed by atoms with E-state index in [0.717, 1.165) is 11.1 Å². The fraction of sp³-hybridized carbons (Fsp3) is 0.476. The number of carbonyl (C=O) groups is 1. The van der Waals surface area contributed by atoms with Crippen molar-refractivity contribution in [3.63, 3.8) is 0 Å². The molecule has 0 bridgehead atoms. The summed E-state index contributed by atoms with van der Waals surface area (Å²) in [5, 5.41) is 31.7. The van der Waals surface area contributed by atoms with Gasteiger partial charge in [0.25, 0.3) is 0 Å². The summed E-state index contributed by atoms with van der Waals surface area (Å²) in [4.78, 5) is 12.6. The Morgan fingerprint density at radius 3 is 1.60 bits per heavy atom. The van der Waals surface area contributed by atoms with Crippen LogP contribution in [0.15, 0.2) is 24.3 Å². The van der Waals surface area contributed by atoms with Crippen LogP contribution in [0, 0.1) is 5.92 Å². The van der Waals surface area contributed by atoms with Crippen LogP contribution in [0.1, 0.15) is 68.4 Å². The number of allylic oxidation sites excluding steroid dienone is 2. The number of Topliss-reactive ketones (excluding diaryl/α,β-unsaturated/α-hetero) is 1. The molecule has 0 aliphatic heterocycles. The molecule has 0 saturated heterocycles. The first-order chi connectivity index (χ1) is 11.6. The van der Waals surface area contributed by atoms with Gasteiger partial charge in [0.1, 0.15) is 22.8 Å². The first-order valence-electron chi connectivity index (χ1n) is 8.66. The molecule has 0 amide bonds. The highest BCUT2D eigenvalue weighted by molar-refractivity contribution is 6.02. The van der Waals surface area contributed by atoms with Gasteiger partial charge in [-0.3, -0.25) is 4.79 Å². The molecule has 0 fully saturated rings. The molecule has 138 valence electrons. The Kier molecular flexibility index (Phi) is 7.28. The predicted molar refractivity (Wildman–Crippen MR) is 101 cm³/mol. The molecule has 25 heavy (non-hydrogen) atoms. The molecule has 3 N–H and O–H groups in total. The van der Waals surface area contributed by atoms with E-state index in [2.05, 4.69) is 13.2 Å². The topological polar surface area (TPSA) is 77.8 Å². The average molecular weight is 346 g/mol. The molecule has 0 spiro atoms. The van der Waals surface area contributed by atoms with Crippen LogP contribution in [-0.2, 0) is 12.8 Å². The normalized spacial score (nSPS) is 10.9. The van der Waals surface area contributed by atoms with Crippen LogP contribution in [0.4, 0.5) is 0 Å². The minimum atomic E-state index is -0.321. The second kappa shape index (κ2) is 8.75. The molecule has 4 nitrogen and oxygen atoms in total. The largest absolute Gasteiger partial charge is 0.507 e. The molecular weight excluding hydrogens is 316 g/mol. The quantitative estimate of drug-likeness (QED) is 0.432. The summed E-state index contributed by atoms with van der Waals surface area (Å²) in [5.74, 6) is -1.00. The van der Waals surface area contributed by atoms with Crippen LogP contribution in [0.2, 0.25) is 0 Å². The van der Waals surface area contributed by atoms with Crippen molar-refractivity contribution in [1.29, 1.82) is 0 Å². The van der Waals surface area contributed by atoms with Crippen molar-refractivity contribution < 1.29 is 20.1 Å². The molecule has 0 aliphatic carbocycles. The van der Waals surface area contributed by atoms with Crippen molar-refractivity contribution in [2.45, 2.75) is 59.8 Å². The van der Waals surface area contributed by atoms with Gasteiger partial charge in [-0.2, -0.15) is 0 Å². The third kappa shape index (κ3) is 5.38. The van der Waals surface area contributed by atoms with Crippen LogP contribution in [-0.4, -0.2) is 21.1 Å². The van der Waals surface area contributed by atoms with Crippen molar-refractivity contribution in [2.24, 2.45) is 5.92 Å². The van der Waals surface area contributed by atoms with Crippen LogP contribution in [0.5, 0.6) is 17.2 Å². The zero-order chi connectivity index (χ0) is 19.3. The van der Waals surface area contributed by atoms with E-state index >= 15 is 0 Å². The number of hydrogen-bond donors (Lipinski definition) is 3. The number of phenols is 3. The van der Waals surface area contributed by atoms with Gasteiger partial charge in [-0.1, -0.05) is 25.0 Å². The number of phenolic OH excluding ortho intramolecular Hbond substituents is 3. The first-order valence-corrected chi connectivity index (χ1v) is 8.66. The Morgan fingerprint density at radius 1 is 0.880 bits per heavy atom. The lowest BCUT2D eigenvalue weighted by atomic mass is 9.90. The van der Waals surface area contributed by atoms with Gasteiger partial charge in [0, 0.05) is 17.5 Å². The standard InChI is InChI=1S/C21H30O4/c1-12(2)7-9-15-19(23)16(10-8-13(3)4)21(25)18(20(15)24)17(22)11-14(5)6/h14,23-25H,1,3,7-11H2,2,4-6H3. The smallest absolute Gasteiger partial charge is 0.170 e. The Hall–Kier alpha value is -2.23. The first kappa shape index (κ1) is 20.8. The summed E-state index contributed by atoms with van der Waals surface area (Å²) in [5.41, 5.74) is 2.32. The molecule has 0 heterocycles. The van der Waals surface area contributed by atoms with Gasteiger partial charge in [0.05, 0.1) is 0 Å². The number of carbonyl (C=O) groups excluding carboxylic acids is 1. The minimum absolute atomic E-state index is 0.0834. The van der Waals surface area contributed by atoms with Gasteiger partial charge in [0.15, 0.2) is 5.78 Å². The van der Waals surface area contributed by atoms with E-state index in [1.165, 1.54) is 0 Å². The van der Waals surface area contributed by atoms with Crippen LogP contribution in [0.25, 0.3) is 0 Å². The Bertz CT molecular complexity index is 639. The zero-order valence-electron chi connectivity index (χ0n) is 15.8. The lowest BCUT2D eigenvalue weighted by Crippen LogP contribution is -2.08. The van der Waals surface area contributed by atoms with E-state index in [0.29, 0.717) is 36.8 Å². The van der Waals surface area contributed by atoms with Crippen molar-refractivity contribution in [1.82, 2.24) is 0 Å². The summed E-state index contributed by atoms with van der Waals surface area (Å²) in [6.45, 7) is 15.2. The third-order valence-electron chi connectivity index (χ3n) is 4.09. The summed E-state index contributed by atoms with van der Waals surface area (Å²) < 4.78 is 0. The average Bonchev–Trinajstić information content (AvgIpc) is 2.45. The Morgan fingerprint density at radius 2 is 1.28 bits per heavy atom. The van der Waals surface area contributed by atoms with Crippen LogP contribution < -0.4 is 0 Å². The Balaban J connectivity index is 3.49.